The first-order valence-electron chi connectivity index (χ1n) is 10.4. The topological polar surface area (TPSA) is 92.1 Å². The molecule has 164 valence electrons. The molecule has 1 aliphatic rings. The molecule has 0 spiro atoms. The SMILES string of the molecule is CC1=C(C(=O)Nc2ccccc2)[C@@H](c2ccc(O)cc2)n2nc(-c3cccc(Cl)c3)nc2N1. The van der Waals surface area contributed by atoms with E-state index in [0.29, 0.717) is 33.8 Å². The van der Waals surface area contributed by atoms with Crippen LogP contribution in [0.15, 0.2) is 90.1 Å². The molecule has 0 saturated heterocycles. The fraction of sp³-hybridized carbons (Fsp3) is 0.0800. The molecule has 0 aliphatic carbocycles. The molecule has 1 amide bonds. The van der Waals surface area contributed by atoms with Gasteiger partial charge in [0.05, 0.1) is 5.57 Å². The van der Waals surface area contributed by atoms with E-state index in [1.165, 1.54) is 0 Å². The predicted molar refractivity (Wildman–Crippen MR) is 128 cm³/mol. The smallest absolute Gasteiger partial charge is 0.255 e. The molecule has 0 fully saturated rings. The lowest BCUT2D eigenvalue weighted by atomic mass is 9.95. The Morgan fingerprint density at radius 2 is 1.82 bits per heavy atom. The Labute approximate surface area is 195 Å². The molecular weight excluding hydrogens is 438 g/mol. The lowest BCUT2D eigenvalue weighted by Crippen LogP contribution is -2.31. The standard InChI is InChI=1S/C25H20ClN5O2/c1-15-21(24(33)28-19-8-3-2-4-9-19)22(16-10-12-20(32)13-11-16)31-25(27-15)29-23(30-31)17-6-5-7-18(26)14-17/h2-14,22,32H,1H3,(H,28,33)(H,27,29,30)/t22-/m1/s1. The lowest BCUT2D eigenvalue weighted by molar-refractivity contribution is -0.113. The maximum absolute atomic E-state index is 13.4. The van der Waals surface area contributed by atoms with E-state index in [-0.39, 0.29) is 11.7 Å². The Kier molecular flexibility index (Phi) is 5.32. The third-order valence-corrected chi connectivity index (χ3v) is 5.66. The fourth-order valence-corrected chi connectivity index (χ4v) is 4.07. The average molecular weight is 458 g/mol. The average Bonchev–Trinajstić information content (AvgIpc) is 3.23. The second-order valence-electron chi connectivity index (χ2n) is 7.69. The number of carbonyl (C=O) groups excluding carboxylic acids is 1. The molecule has 33 heavy (non-hydrogen) atoms. The van der Waals surface area contributed by atoms with Crippen LogP contribution in [-0.4, -0.2) is 25.8 Å². The van der Waals surface area contributed by atoms with Crippen LogP contribution in [-0.2, 0) is 4.79 Å². The molecule has 3 aromatic carbocycles. The number of amides is 1. The molecule has 4 aromatic rings. The van der Waals surface area contributed by atoms with Gasteiger partial charge in [-0.1, -0.05) is 54.1 Å². The van der Waals surface area contributed by atoms with Crippen molar-refractivity contribution >= 4 is 29.1 Å². The number of nitrogens with zero attached hydrogens (tertiary/aromatic N) is 3. The quantitative estimate of drug-likeness (QED) is 0.390. The van der Waals surface area contributed by atoms with Gasteiger partial charge < -0.3 is 15.7 Å². The number of phenolic OH excluding ortho intramolecular Hbond substituents is 1. The van der Waals surface area contributed by atoms with Crippen molar-refractivity contribution in [3.8, 4) is 17.1 Å². The number of halogens is 1. The van der Waals surface area contributed by atoms with Crippen molar-refractivity contribution in [3.63, 3.8) is 0 Å². The molecule has 1 aromatic heterocycles. The molecule has 3 N–H and O–H groups in total. The number of hydrogen-bond donors (Lipinski definition) is 3. The van der Waals surface area contributed by atoms with Gasteiger partial charge in [-0.05, 0) is 48.9 Å². The van der Waals surface area contributed by atoms with Gasteiger partial charge in [0.15, 0.2) is 5.82 Å². The Morgan fingerprint density at radius 3 is 2.55 bits per heavy atom. The number of carbonyl (C=O) groups is 1. The number of allylic oxidation sites excluding steroid dienone is 1. The Morgan fingerprint density at radius 1 is 1.06 bits per heavy atom. The van der Waals surface area contributed by atoms with Crippen LogP contribution < -0.4 is 10.6 Å². The second-order valence-corrected chi connectivity index (χ2v) is 8.13. The molecule has 0 radical (unpaired) electrons. The number of aromatic nitrogens is 3. The summed E-state index contributed by atoms with van der Waals surface area (Å²) in [4.78, 5) is 18.1. The molecule has 8 heteroatoms. The van der Waals surface area contributed by atoms with Crippen molar-refractivity contribution in [2.45, 2.75) is 13.0 Å². The summed E-state index contributed by atoms with van der Waals surface area (Å²) < 4.78 is 1.69. The second kappa shape index (κ2) is 8.44. The number of aromatic hydroxyl groups is 1. The van der Waals surface area contributed by atoms with E-state index in [9.17, 15) is 9.90 Å². The van der Waals surface area contributed by atoms with Gasteiger partial charge in [0.2, 0.25) is 5.95 Å². The van der Waals surface area contributed by atoms with E-state index in [1.807, 2.05) is 49.4 Å². The Bertz CT molecular complexity index is 1360. The Balaban J connectivity index is 1.61. The normalized spacial score (nSPS) is 15.0. The van der Waals surface area contributed by atoms with Gasteiger partial charge >= 0.3 is 0 Å². The van der Waals surface area contributed by atoms with E-state index < -0.39 is 6.04 Å². The highest BCUT2D eigenvalue weighted by molar-refractivity contribution is 6.30. The molecule has 0 saturated carbocycles. The van der Waals surface area contributed by atoms with Crippen LogP contribution in [0.5, 0.6) is 5.75 Å². The van der Waals surface area contributed by atoms with E-state index in [0.717, 1.165) is 11.1 Å². The van der Waals surface area contributed by atoms with Crippen molar-refractivity contribution < 1.29 is 9.90 Å². The summed E-state index contributed by atoms with van der Waals surface area (Å²) in [6, 6.07) is 22.8. The number of phenols is 1. The summed E-state index contributed by atoms with van der Waals surface area (Å²) >= 11 is 6.16. The summed E-state index contributed by atoms with van der Waals surface area (Å²) in [6.07, 6.45) is 0. The largest absolute Gasteiger partial charge is 0.508 e. The van der Waals surface area contributed by atoms with E-state index >= 15 is 0 Å². The first kappa shape index (κ1) is 20.8. The lowest BCUT2D eigenvalue weighted by Gasteiger charge is -2.28. The molecule has 0 unspecified atom stereocenters. The van der Waals surface area contributed by atoms with Gasteiger partial charge in [0.25, 0.3) is 5.91 Å². The van der Waals surface area contributed by atoms with Gasteiger partial charge in [-0.15, -0.1) is 5.10 Å². The number of anilines is 2. The summed E-state index contributed by atoms with van der Waals surface area (Å²) in [5.74, 6) is 0.884. The number of benzene rings is 3. The van der Waals surface area contributed by atoms with Crippen molar-refractivity contribution in [1.82, 2.24) is 14.8 Å². The highest BCUT2D eigenvalue weighted by Gasteiger charge is 2.34. The summed E-state index contributed by atoms with van der Waals surface area (Å²) in [5.41, 5.74) is 3.41. The van der Waals surface area contributed by atoms with Crippen LogP contribution in [0.4, 0.5) is 11.6 Å². The van der Waals surface area contributed by atoms with Crippen molar-refractivity contribution in [1.29, 1.82) is 0 Å². The minimum absolute atomic E-state index is 0.141. The first-order valence-corrected chi connectivity index (χ1v) is 10.7. The fourth-order valence-electron chi connectivity index (χ4n) is 3.88. The van der Waals surface area contributed by atoms with Gasteiger partial charge in [-0.3, -0.25) is 4.79 Å². The molecule has 0 bridgehead atoms. The maximum Gasteiger partial charge on any atom is 0.255 e. The third-order valence-electron chi connectivity index (χ3n) is 5.42. The highest BCUT2D eigenvalue weighted by atomic mass is 35.5. The van der Waals surface area contributed by atoms with Crippen LogP contribution >= 0.6 is 11.6 Å². The van der Waals surface area contributed by atoms with Gasteiger partial charge in [0, 0.05) is 22.0 Å². The number of para-hydroxylation sites is 1. The predicted octanol–water partition coefficient (Wildman–Crippen LogP) is 5.23. The molecule has 7 nitrogen and oxygen atoms in total. The van der Waals surface area contributed by atoms with Crippen molar-refractivity contribution in [2.75, 3.05) is 10.6 Å². The maximum atomic E-state index is 13.4. The number of rotatable bonds is 4. The molecule has 5 rings (SSSR count). The number of fused-ring (bicyclic) bond motifs is 1. The summed E-state index contributed by atoms with van der Waals surface area (Å²) in [5, 5.41) is 21.3. The van der Waals surface area contributed by atoms with Crippen LogP contribution in [0, 0.1) is 0 Å². The van der Waals surface area contributed by atoms with Gasteiger partial charge in [-0.2, -0.15) is 4.98 Å². The van der Waals surface area contributed by atoms with Crippen LogP contribution in [0.2, 0.25) is 5.02 Å². The van der Waals surface area contributed by atoms with Crippen molar-refractivity contribution in [3.05, 3.63) is 101 Å². The molecule has 1 atom stereocenters. The van der Waals surface area contributed by atoms with Gasteiger partial charge in [0.1, 0.15) is 11.8 Å². The number of hydrogen-bond acceptors (Lipinski definition) is 5. The Hall–Kier alpha value is -4.10. The van der Waals surface area contributed by atoms with E-state index in [2.05, 4.69) is 15.6 Å². The molecular formula is C25H20ClN5O2. The van der Waals surface area contributed by atoms with Crippen LogP contribution in [0.1, 0.15) is 18.5 Å². The third kappa shape index (κ3) is 4.06. The summed E-state index contributed by atoms with van der Waals surface area (Å²) in [7, 11) is 0. The molecule has 2 heterocycles. The van der Waals surface area contributed by atoms with Gasteiger partial charge in [-0.25, -0.2) is 4.68 Å². The molecule has 1 aliphatic heterocycles. The van der Waals surface area contributed by atoms with Crippen molar-refractivity contribution in [2.24, 2.45) is 0 Å². The monoisotopic (exact) mass is 457 g/mol. The minimum atomic E-state index is -0.550. The zero-order chi connectivity index (χ0) is 22.9. The van der Waals surface area contributed by atoms with E-state index in [4.69, 9.17) is 16.7 Å². The van der Waals surface area contributed by atoms with Crippen LogP contribution in [0.25, 0.3) is 11.4 Å². The zero-order valence-corrected chi connectivity index (χ0v) is 18.4. The highest BCUT2D eigenvalue weighted by Crippen LogP contribution is 2.37. The number of nitrogens with one attached hydrogen (secondary N) is 2. The van der Waals surface area contributed by atoms with Crippen LogP contribution in [0.3, 0.4) is 0 Å². The summed E-state index contributed by atoms with van der Waals surface area (Å²) in [6.45, 7) is 1.84. The first-order chi connectivity index (χ1) is 16.0. The zero-order valence-electron chi connectivity index (χ0n) is 17.7. The minimum Gasteiger partial charge on any atom is -0.508 e. The van der Waals surface area contributed by atoms with E-state index in [1.54, 1.807) is 41.1 Å².